The highest BCUT2D eigenvalue weighted by atomic mass is 16.1. The third-order valence-corrected chi connectivity index (χ3v) is 1.73. The van der Waals surface area contributed by atoms with Gasteiger partial charge in [-0.2, -0.15) is 0 Å². The zero-order valence-corrected chi connectivity index (χ0v) is 6.50. The average molecular weight is 142 g/mol. The molecule has 2 atom stereocenters. The van der Waals surface area contributed by atoms with Crippen LogP contribution in [0.25, 0.3) is 0 Å². The van der Waals surface area contributed by atoms with Crippen LogP contribution in [0.15, 0.2) is 0 Å². The Kier molecular flexibility index (Phi) is 2.27. The number of hydrogen-bond donors (Lipinski definition) is 1. The van der Waals surface area contributed by atoms with Crippen LogP contribution in [0.2, 0.25) is 0 Å². The number of rotatable bonds is 1. The number of piperazine rings is 1. The molecule has 58 valence electrons. The maximum atomic E-state index is 10.3. The summed E-state index contributed by atoms with van der Waals surface area (Å²) in [6, 6.07) is 0.878. The van der Waals surface area contributed by atoms with Crippen LogP contribution in [-0.4, -0.2) is 36.5 Å². The summed E-state index contributed by atoms with van der Waals surface area (Å²) in [6.45, 7) is 5.86. The normalized spacial score (nSPS) is 34.0. The summed E-state index contributed by atoms with van der Waals surface area (Å²) in [5, 5.41) is 3.34. The second-order valence-electron chi connectivity index (χ2n) is 3.03. The topological polar surface area (TPSA) is 32.3 Å². The lowest BCUT2D eigenvalue weighted by Gasteiger charge is -2.33. The molecule has 3 heteroatoms. The highest BCUT2D eigenvalue weighted by Crippen LogP contribution is 2.00. The quantitative estimate of drug-likeness (QED) is 0.515. The van der Waals surface area contributed by atoms with Crippen LogP contribution >= 0.6 is 0 Å². The zero-order valence-electron chi connectivity index (χ0n) is 6.50. The van der Waals surface area contributed by atoms with Gasteiger partial charge in [0.1, 0.15) is 0 Å². The third-order valence-electron chi connectivity index (χ3n) is 1.73. The van der Waals surface area contributed by atoms with Gasteiger partial charge in [0.25, 0.3) is 0 Å². The Morgan fingerprint density at radius 3 is 2.30 bits per heavy atom. The Bertz CT molecular complexity index is 117. The molecule has 10 heavy (non-hydrogen) atoms. The SMILES string of the molecule is C[C@H]1CN(C=O)C[C@H](C)N1. The molecule has 0 spiro atoms. The summed E-state index contributed by atoms with van der Waals surface area (Å²) in [5.74, 6) is 0. The molecule has 0 aliphatic carbocycles. The lowest BCUT2D eigenvalue weighted by molar-refractivity contribution is -0.119. The van der Waals surface area contributed by atoms with Crippen LogP contribution in [0, 0.1) is 0 Å². The van der Waals surface area contributed by atoms with Gasteiger partial charge in [-0.1, -0.05) is 0 Å². The highest BCUT2D eigenvalue weighted by Gasteiger charge is 2.18. The van der Waals surface area contributed by atoms with Gasteiger partial charge in [-0.3, -0.25) is 4.79 Å². The van der Waals surface area contributed by atoms with Crippen molar-refractivity contribution in [3.8, 4) is 0 Å². The first-order valence-corrected chi connectivity index (χ1v) is 3.67. The number of nitrogens with zero attached hydrogens (tertiary/aromatic N) is 1. The minimum absolute atomic E-state index is 0.439. The minimum Gasteiger partial charge on any atom is -0.342 e. The van der Waals surface area contributed by atoms with Gasteiger partial charge >= 0.3 is 0 Å². The van der Waals surface area contributed by atoms with E-state index in [2.05, 4.69) is 19.2 Å². The standard InChI is InChI=1S/C7H14N2O/c1-6-3-9(5-10)4-7(2)8-6/h5-8H,3-4H2,1-2H3/t6-,7-/m0/s1. The Hall–Kier alpha value is -0.570. The second-order valence-corrected chi connectivity index (χ2v) is 3.03. The molecule has 1 aliphatic rings. The second kappa shape index (κ2) is 3.01. The van der Waals surface area contributed by atoms with Crippen LogP contribution in [0.1, 0.15) is 13.8 Å². The molecule has 1 heterocycles. The Morgan fingerprint density at radius 1 is 1.40 bits per heavy atom. The summed E-state index contributed by atoms with van der Waals surface area (Å²) in [7, 11) is 0. The van der Waals surface area contributed by atoms with E-state index in [9.17, 15) is 4.79 Å². The molecule has 1 aliphatic heterocycles. The predicted molar refractivity (Wildman–Crippen MR) is 39.7 cm³/mol. The van der Waals surface area contributed by atoms with Crippen molar-refractivity contribution in [1.29, 1.82) is 0 Å². The van der Waals surface area contributed by atoms with Gasteiger partial charge in [0.15, 0.2) is 0 Å². The monoisotopic (exact) mass is 142 g/mol. The van der Waals surface area contributed by atoms with Crippen LogP contribution in [0.5, 0.6) is 0 Å². The maximum Gasteiger partial charge on any atom is 0.209 e. The number of carbonyl (C=O) groups is 1. The number of carbonyl (C=O) groups excluding carboxylic acids is 1. The van der Waals surface area contributed by atoms with Gasteiger partial charge in [0.2, 0.25) is 6.41 Å². The summed E-state index contributed by atoms with van der Waals surface area (Å²) < 4.78 is 0. The molecular formula is C7H14N2O. The molecule has 0 bridgehead atoms. The summed E-state index contributed by atoms with van der Waals surface area (Å²) in [5.41, 5.74) is 0. The largest absolute Gasteiger partial charge is 0.342 e. The van der Waals surface area contributed by atoms with Gasteiger partial charge in [-0.15, -0.1) is 0 Å². The van der Waals surface area contributed by atoms with E-state index in [1.54, 1.807) is 0 Å². The van der Waals surface area contributed by atoms with Crippen molar-refractivity contribution in [3.05, 3.63) is 0 Å². The van der Waals surface area contributed by atoms with E-state index in [-0.39, 0.29) is 0 Å². The lowest BCUT2D eigenvalue weighted by Crippen LogP contribution is -2.53. The molecule has 1 amide bonds. The van der Waals surface area contributed by atoms with E-state index in [1.165, 1.54) is 0 Å². The van der Waals surface area contributed by atoms with Crippen molar-refractivity contribution in [2.75, 3.05) is 13.1 Å². The highest BCUT2D eigenvalue weighted by molar-refractivity contribution is 5.47. The molecule has 0 radical (unpaired) electrons. The van der Waals surface area contributed by atoms with E-state index in [0.29, 0.717) is 12.1 Å². The van der Waals surface area contributed by atoms with Gasteiger partial charge in [-0.25, -0.2) is 0 Å². The number of hydrogen-bond acceptors (Lipinski definition) is 2. The fourth-order valence-electron chi connectivity index (χ4n) is 1.46. The van der Waals surface area contributed by atoms with Gasteiger partial charge < -0.3 is 10.2 Å². The van der Waals surface area contributed by atoms with E-state index >= 15 is 0 Å². The average Bonchev–Trinajstić information content (AvgIpc) is 1.85. The fourth-order valence-corrected chi connectivity index (χ4v) is 1.46. The van der Waals surface area contributed by atoms with Crippen molar-refractivity contribution >= 4 is 6.41 Å². The molecule has 1 fully saturated rings. The van der Waals surface area contributed by atoms with Gasteiger partial charge in [-0.05, 0) is 13.8 Å². The van der Waals surface area contributed by atoms with E-state index in [1.807, 2.05) is 4.90 Å². The van der Waals surface area contributed by atoms with Crippen molar-refractivity contribution in [2.45, 2.75) is 25.9 Å². The molecule has 1 N–H and O–H groups in total. The number of nitrogens with one attached hydrogen (secondary N) is 1. The summed E-state index contributed by atoms with van der Waals surface area (Å²) in [6.07, 6.45) is 0.924. The fraction of sp³-hybridized carbons (Fsp3) is 0.857. The predicted octanol–water partition coefficient (Wildman–Crippen LogP) is -0.175. The van der Waals surface area contributed by atoms with Crippen molar-refractivity contribution in [1.82, 2.24) is 10.2 Å². The third kappa shape index (κ3) is 1.70. The van der Waals surface area contributed by atoms with Crippen molar-refractivity contribution in [2.24, 2.45) is 0 Å². The minimum atomic E-state index is 0.439. The molecule has 1 saturated heterocycles. The van der Waals surface area contributed by atoms with Crippen LogP contribution in [0.3, 0.4) is 0 Å². The molecule has 0 unspecified atom stereocenters. The summed E-state index contributed by atoms with van der Waals surface area (Å²) in [4.78, 5) is 12.2. The zero-order chi connectivity index (χ0) is 7.56. The molecule has 0 aromatic rings. The molecular weight excluding hydrogens is 128 g/mol. The molecule has 1 rings (SSSR count). The maximum absolute atomic E-state index is 10.3. The van der Waals surface area contributed by atoms with E-state index in [0.717, 1.165) is 19.5 Å². The first-order chi connectivity index (χ1) is 4.72. The van der Waals surface area contributed by atoms with E-state index in [4.69, 9.17) is 0 Å². The number of amides is 1. The first-order valence-electron chi connectivity index (χ1n) is 3.67. The summed E-state index contributed by atoms with van der Waals surface area (Å²) >= 11 is 0. The molecule has 0 saturated carbocycles. The Morgan fingerprint density at radius 2 is 1.90 bits per heavy atom. The first kappa shape index (κ1) is 7.54. The van der Waals surface area contributed by atoms with Gasteiger partial charge in [0.05, 0.1) is 0 Å². The van der Waals surface area contributed by atoms with E-state index < -0.39 is 0 Å². The molecule has 0 aromatic heterocycles. The van der Waals surface area contributed by atoms with Crippen molar-refractivity contribution < 1.29 is 4.79 Å². The van der Waals surface area contributed by atoms with Crippen LogP contribution in [-0.2, 0) is 4.79 Å². The lowest BCUT2D eigenvalue weighted by atomic mass is 10.2. The van der Waals surface area contributed by atoms with Crippen LogP contribution in [0.4, 0.5) is 0 Å². The van der Waals surface area contributed by atoms with Crippen LogP contribution < -0.4 is 5.32 Å². The Labute approximate surface area is 61.4 Å². The van der Waals surface area contributed by atoms with Gasteiger partial charge in [0, 0.05) is 25.2 Å². The smallest absolute Gasteiger partial charge is 0.209 e. The molecule has 0 aromatic carbocycles. The van der Waals surface area contributed by atoms with Crippen molar-refractivity contribution in [3.63, 3.8) is 0 Å². The Balaban J connectivity index is 2.42. The molecule has 3 nitrogen and oxygen atoms in total.